The van der Waals surface area contributed by atoms with Crippen molar-refractivity contribution in [2.24, 2.45) is 0 Å². The number of hydrogen-bond donors (Lipinski definition) is 0. The van der Waals surface area contributed by atoms with Gasteiger partial charge < -0.3 is 4.74 Å². The van der Waals surface area contributed by atoms with Crippen molar-refractivity contribution in [2.75, 3.05) is 12.0 Å². The van der Waals surface area contributed by atoms with Crippen LogP contribution in [0, 0.1) is 0 Å². The molecule has 0 atom stereocenters. The third-order valence-electron chi connectivity index (χ3n) is 4.55. The van der Waals surface area contributed by atoms with E-state index in [2.05, 4.69) is 32.9 Å². The predicted octanol–water partition coefficient (Wildman–Crippen LogP) is 5.97. The van der Waals surface area contributed by atoms with Crippen LogP contribution in [0.1, 0.15) is 36.7 Å². The lowest BCUT2D eigenvalue weighted by atomic mass is 9.87. The quantitative estimate of drug-likeness (QED) is 0.574. The summed E-state index contributed by atoms with van der Waals surface area (Å²) in [6, 6.07) is 25.1. The molecule has 0 aliphatic rings. The van der Waals surface area contributed by atoms with Gasteiger partial charge in [0.1, 0.15) is 5.75 Å². The van der Waals surface area contributed by atoms with Crippen LogP contribution in [0.5, 0.6) is 5.75 Å². The third kappa shape index (κ3) is 4.20. The van der Waals surface area contributed by atoms with E-state index in [1.54, 1.807) is 12.0 Å². The molecule has 0 aromatic heterocycles. The molecule has 0 saturated carbocycles. The molecular formula is C24H25NO2. The fourth-order valence-electron chi connectivity index (χ4n) is 2.94. The van der Waals surface area contributed by atoms with Gasteiger partial charge >= 0.3 is 0 Å². The van der Waals surface area contributed by atoms with Crippen LogP contribution < -0.4 is 9.64 Å². The molecule has 138 valence electrons. The lowest BCUT2D eigenvalue weighted by molar-refractivity contribution is 0.0999. The highest BCUT2D eigenvalue weighted by Gasteiger charge is 2.21. The first-order valence-corrected chi connectivity index (χ1v) is 9.04. The molecule has 0 aliphatic carbocycles. The van der Waals surface area contributed by atoms with E-state index in [0.717, 1.165) is 17.1 Å². The van der Waals surface area contributed by atoms with Crippen LogP contribution in [-0.2, 0) is 5.41 Å². The Kier molecular flexibility index (Phi) is 5.31. The summed E-state index contributed by atoms with van der Waals surface area (Å²) in [4.78, 5) is 15.0. The molecule has 0 fully saturated rings. The Bertz CT molecular complexity index is 892. The van der Waals surface area contributed by atoms with Crippen molar-refractivity contribution < 1.29 is 9.53 Å². The lowest BCUT2D eigenvalue weighted by Gasteiger charge is -2.25. The number of nitrogens with zero attached hydrogens (tertiary/aromatic N) is 1. The average molecular weight is 359 g/mol. The molecule has 3 rings (SSSR count). The van der Waals surface area contributed by atoms with E-state index in [1.165, 1.54) is 5.56 Å². The highest BCUT2D eigenvalue weighted by molar-refractivity contribution is 6.10. The number of amides is 1. The summed E-state index contributed by atoms with van der Waals surface area (Å²) in [5.74, 6) is 0.693. The normalized spacial score (nSPS) is 11.1. The van der Waals surface area contributed by atoms with Crippen molar-refractivity contribution in [3.05, 3.63) is 90.0 Å². The first-order valence-electron chi connectivity index (χ1n) is 9.04. The Morgan fingerprint density at radius 3 is 1.78 bits per heavy atom. The summed E-state index contributed by atoms with van der Waals surface area (Å²) in [6.07, 6.45) is 0. The van der Waals surface area contributed by atoms with E-state index in [0.29, 0.717) is 5.56 Å². The number of hydrogen-bond acceptors (Lipinski definition) is 2. The van der Waals surface area contributed by atoms with E-state index in [1.807, 2.05) is 66.7 Å². The van der Waals surface area contributed by atoms with Gasteiger partial charge in [0.2, 0.25) is 0 Å². The van der Waals surface area contributed by atoms with Gasteiger partial charge in [-0.3, -0.25) is 9.69 Å². The molecule has 3 heteroatoms. The van der Waals surface area contributed by atoms with E-state index in [4.69, 9.17) is 4.74 Å². The van der Waals surface area contributed by atoms with Gasteiger partial charge in [-0.25, -0.2) is 0 Å². The van der Waals surface area contributed by atoms with Gasteiger partial charge in [0.25, 0.3) is 5.91 Å². The van der Waals surface area contributed by atoms with Crippen molar-refractivity contribution in [1.82, 2.24) is 0 Å². The number of rotatable bonds is 4. The molecule has 0 heterocycles. The zero-order valence-corrected chi connectivity index (χ0v) is 16.3. The molecule has 3 nitrogen and oxygen atoms in total. The van der Waals surface area contributed by atoms with Crippen molar-refractivity contribution in [3.63, 3.8) is 0 Å². The number of carbonyl (C=O) groups excluding carboxylic acids is 1. The minimum absolute atomic E-state index is 0.0624. The van der Waals surface area contributed by atoms with E-state index in [-0.39, 0.29) is 11.3 Å². The number of anilines is 2. The predicted molar refractivity (Wildman–Crippen MR) is 111 cm³/mol. The van der Waals surface area contributed by atoms with Gasteiger partial charge in [0.05, 0.1) is 7.11 Å². The summed E-state index contributed by atoms with van der Waals surface area (Å²) < 4.78 is 5.25. The number of methoxy groups -OCH3 is 1. The Morgan fingerprint density at radius 1 is 0.778 bits per heavy atom. The van der Waals surface area contributed by atoms with Gasteiger partial charge in [-0.15, -0.1) is 0 Å². The monoisotopic (exact) mass is 359 g/mol. The second-order valence-corrected chi connectivity index (χ2v) is 7.50. The van der Waals surface area contributed by atoms with Gasteiger partial charge in [0.15, 0.2) is 0 Å². The maximum absolute atomic E-state index is 13.3. The van der Waals surface area contributed by atoms with E-state index < -0.39 is 0 Å². The van der Waals surface area contributed by atoms with Crippen molar-refractivity contribution in [3.8, 4) is 5.75 Å². The average Bonchev–Trinajstić information content (AvgIpc) is 2.69. The summed E-state index contributed by atoms with van der Waals surface area (Å²) in [5.41, 5.74) is 3.57. The minimum atomic E-state index is -0.0655. The zero-order valence-electron chi connectivity index (χ0n) is 16.3. The molecule has 3 aromatic carbocycles. The molecule has 0 saturated heterocycles. The maximum Gasteiger partial charge on any atom is 0.262 e. The maximum atomic E-state index is 13.3. The molecule has 0 spiro atoms. The summed E-state index contributed by atoms with van der Waals surface area (Å²) in [7, 11) is 1.63. The Labute approximate surface area is 161 Å². The zero-order chi connectivity index (χ0) is 19.4. The molecule has 0 unspecified atom stereocenters. The fourth-order valence-corrected chi connectivity index (χ4v) is 2.94. The van der Waals surface area contributed by atoms with Crippen LogP contribution in [0.2, 0.25) is 0 Å². The lowest BCUT2D eigenvalue weighted by Crippen LogP contribution is -2.26. The molecule has 0 aliphatic heterocycles. The van der Waals surface area contributed by atoms with Crippen molar-refractivity contribution in [2.45, 2.75) is 26.2 Å². The highest BCUT2D eigenvalue weighted by Crippen LogP contribution is 2.31. The SMILES string of the molecule is COc1ccc(N(C(=O)c2ccccc2)c2ccc(C(C)(C)C)cc2)cc1. The summed E-state index contributed by atoms with van der Waals surface area (Å²) in [5, 5.41) is 0. The first kappa shape index (κ1) is 18.7. The molecule has 0 N–H and O–H groups in total. The van der Waals surface area contributed by atoms with Crippen molar-refractivity contribution >= 4 is 17.3 Å². The minimum Gasteiger partial charge on any atom is -0.497 e. The smallest absolute Gasteiger partial charge is 0.262 e. The third-order valence-corrected chi connectivity index (χ3v) is 4.55. The molecule has 27 heavy (non-hydrogen) atoms. The van der Waals surface area contributed by atoms with Crippen LogP contribution in [-0.4, -0.2) is 13.0 Å². The Balaban J connectivity index is 2.05. The second-order valence-electron chi connectivity index (χ2n) is 7.50. The molecule has 1 amide bonds. The second kappa shape index (κ2) is 7.67. The molecule has 3 aromatic rings. The number of carbonyl (C=O) groups is 1. The van der Waals surface area contributed by atoms with Crippen molar-refractivity contribution in [1.29, 1.82) is 0 Å². The molecule has 0 radical (unpaired) electrons. The fraction of sp³-hybridized carbons (Fsp3) is 0.208. The van der Waals surface area contributed by atoms with Crippen LogP contribution in [0.25, 0.3) is 0 Å². The van der Waals surface area contributed by atoms with Crippen LogP contribution in [0.15, 0.2) is 78.9 Å². The Hall–Kier alpha value is -3.07. The van der Waals surface area contributed by atoms with E-state index in [9.17, 15) is 4.79 Å². The molecular weight excluding hydrogens is 334 g/mol. The standard InChI is InChI=1S/C24H25NO2/c1-24(2,3)19-10-12-20(13-11-19)25(21-14-16-22(27-4)17-15-21)23(26)18-8-6-5-7-9-18/h5-17H,1-4H3. The Morgan fingerprint density at radius 2 is 1.30 bits per heavy atom. The van der Waals surface area contributed by atoms with Gasteiger partial charge in [0, 0.05) is 16.9 Å². The number of benzene rings is 3. The largest absolute Gasteiger partial charge is 0.497 e. The van der Waals surface area contributed by atoms with Crippen LogP contribution in [0.4, 0.5) is 11.4 Å². The van der Waals surface area contributed by atoms with Gasteiger partial charge in [-0.1, -0.05) is 51.1 Å². The summed E-state index contributed by atoms with van der Waals surface area (Å²) in [6.45, 7) is 6.54. The van der Waals surface area contributed by atoms with Gasteiger partial charge in [-0.2, -0.15) is 0 Å². The summed E-state index contributed by atoms with van der Waals surface area (Å²) >= 11 is 0. The number of ether oxygens (including phenoxy) is 1. The molecule has 0 bridgehead atoms. The van der Waals surface area contributed by atoms with Gasteiger partial charge in [-0.05, 0) is 59.5 Å². The topological polar surface area (TPSA) is 29.5 Å². The first-order chi connectivity index (χ1) is 12.9. The van der Waals surface area contributed by atoms with E-state index >= 15 is 0 Å². The highest BCUT2D eigenvalue weighted by atomic mass is 16.5. The van der Waals surface area contributed by atoms with Crippen LogP contribution >= 0.6 is 0 Å². The van der Waals surface area contributed by atoms with Crippen LogP contribution in [0.3, 0.4) is 0 Å².